The molecule has 0 saturated carbocycles. The second-order valence-electron chi connectivity index (χ2n) is 5.61. The van der Waals surface area contributed by atoms with Crippen molar-refractivity contribution in [3.8, 4) is 0 Å². The lowest BCUT2D eigenvalue weighted by atomic mass is 9.95. The van der Waals surface area contributed by atoms with E-state index >= 15 is 0 Å². The second-order valence-corrected chi connectivity index (χ2v) is 6.59. The first-order valence-corrected chi connectivity index (χ1v) is 7.50. The smallest absolute Gasteiger partial charge is 0.0590 e. The number of likely N-dealkylation sites (tertiary alicyclic amines) is 1. The lowest BCUT2D eigenvalue weighted by Gasteiger charge is -2.30. The molecule has 3 atom stereocenters. The summed E-state index contributed by atoms with van der Waals surface area (Å²) in [5.74, 6) is 1.63. The van der Waals surface area contributed by atoms with Gasteiger partial charge < -0.3 is 5.73 Å². The summed E-state index contributed by atoms with van der Waals surface area (Å²) in [5.41, 5.74) is 6.19. The van der Waals surface area contributed by atoms with Crippen LogP contribution in [0.5, 0.6) is 0 Å². The third kappa shape index (κ3) is 2.90. The lowest BCUT2D eigenvalue weighted by molar-refractivity contribution is 0.207. The molecule has 0 aliphatic carbocycles. The highest BCUT2D eigenvalue weighted by Crippen LogP contribution is 2.34. The molecule has 1 aromatic rings. The molecule has 0 spiro atoms. The summed E-state index contributed by atoms with van der Waals surface area (Å²) in [6.45, 7) is 9.21. The molecule has 0 aromatic carbocycles. The Balaban J connectivity index is 2.09. The fourth-order valence-corrected chi connectivity index (χ4v) is 3.82. The third-order valence-electron chi connectivity index (χ3n) is 3.93. The number of nitrogens with two attached hydrogens (primary N) is 1. The standard InChI is InChI=1S/C14H24N2S/c1-10(2)12-6-7-16(9-12)14(11(3)15)13-5-4-8-17-13/h4-5,8,10-12,14H,6-7,9,15H2,1-3H3. The van der Waals surface area contributed by atoms with Crippen LogP contribution >= 0.6 is 11.3 Å². The Morgan fingerprint density at radius 1 is 1.41 bits per heavy atom. The number of rotatable bonds is 4. The molecule has 0 radical (unpaired) electrons. The molecule has 1 fully saturated rings. The molecular formula is C14H24N2S. The van der Waals surface area contributed by atoms with Crippen molar-refractivity contribution in [2.24, 2.45) is 17.6 Å². The van der Waals surface area contributed by atoms with E-state index in [1.165, 1.54) is 24.4 Å². The highest BCUT2D eigenvalue weighted by Gasteiger charge is 2.32. The average Bonchev–Trinajstić information content (AvgIpc) is 2.88. The average molecular weight is 252 g/mol. The Labute approximate surface area is 109 Å². The fraction of sp³-hybridized carbons (Fsp3) is 0.714. The highest BCUT2D eigenvalue weighted by molar-refractivity contribution is 7.10. The Bertz CT molecular complexity index is 332. The maximum absolute atomic E-state index is 6.19. The third-order valence-corrected chi connectivity index (χ3v) is 4.87. The van der Waals surface area contributed by atoms with Gasteiger partial charge >= 0.3 is 0 Å². The van der Waals surface area contributed by atoms with Gasteiger partial charge in [-0.1, -0.05) is 19.9 Å². The van der Waals surface area contributed by atoms with Crippen LogP contribution in [-0.4, -0.2) is 24.0 Å². The van der Waals surface area contributed by atoms with E-state index in [9.17, 15) is 0 Å². The van der Waals surface area contributed by atoms with Gasteiger partial charge in [0.1, 0.15) is 0 Å². The van der Waals surface area contributed by atoms with Crippen LogP contribution in [0, 0.1) is 11.8 Å². The molecule has 1 aliphatic heterocycles. The Morgan fingerprint density at radius 3 is 2.65 bits per heavy atom. The van der Waals surface area contributed by atoms with E-state index in [4.69, 9.17) is 5.73 Å². The Hall–Kier alpha value is -0.380. The van der Waals surface area contributed by atoms with Crippen molar-refractivity contribution in [2.45, 2.75) is 39.3 Å². The van der Waals surface area contributed by atoms with Crippen LogP contribution in [-0.2, 0) is 0 Å². The highest BCUT2D eigenvalue weighted by atomic mass is 32.1. The zero-order valence-corrected chi connectivity index (χ0v) is 11.9. The van der Waals surface area contributed by atoms with Crippen molar-refractivity contribution in [2.75, 3.05) is 13.1 Å². The fourth-order valence-electron chi connectivity index (χ4n) is 2.84. The number of hydrogen-bond acceptors (Lipinski definition) is 3. The van der Waals surface area contributed by atoms with Crippen LogP contribution in [0.25, 0.3) is 0 Å². The van der Waals surface area contributed by atoms with E-state index < -0.39 is 0 Å². The van der Waals surface area contributed by atoms with Gasteiger partial charge in [0.05, 0.1) is 6.04 Å². The quantitative estimate of drug-likeness (QED) is 0.892. The molecule has 2 N–H and O–H groups in total. The van der Waals surface area contributed by atoms with Gasteiger partial charge in [-0.3, -0.25) is 4.90 Å². The first kappa shape index (κ1) is 13.1. The predicted molar refractivity (Wildman–Crippen MR) is 75.2 cm³/mol. The van der Waals surface area contributed by atoms with Gasteiger partial charge in [-0.15, -0.1) is 11.3 Å². The van der Waals surface area contributed by atoms with Crippen LogP contribution in [0.4, 0.5) is 0 Å². The van der Waals surface area contributed by atoms with Crippen LogP contribution in [0.1, 0.15) is 38.1 Å². The number of hydrogen-bond donors (Lipinski definition) is 1. The summed E-state index contributed by atoms with van der Waals surface area (Å²) in [4.78, 5) is 4.01. The first-order valence-electron chi connectivity index (χ1n) is 6.62. The van der Waals surface area contributed by atoms with E-state index in [-0.39, 0.29) is 6.04 Å². The molecule has 0 bridgehead atoms. The SMILES string of the molecule is CC(C)C1CCN(C(c2cccs2)C(C)N)C1. The van der Waals surface area contributed by atoms with E-state index in [0.717, 1.165) is 11.8 Å². The minimum Gasteiger partial charge on any atom is -0.326 e. The van der Waals surface area contributed by atoms with Crippen molar-refractivity contribution in [1.29, 1.82) is 0 Å². The topological polar surface area (TPSA) is 29.3 Å². The van der Waals surface area contributed by atoms with Crippen molar-refractivity contribution < 1.29 is 0 Å². The molecule has 1 aromatic heterocycles. The monoisotopic (exact) mass is 252 g/mol. The van der Waals surface area contributed by atoms with Crippen molar-refractivity contribution in [3.63, 3.8) is 0 Å². The summed E-state index contributed by atoms with van der Waals surface area (Å²) in [5, 5.41) is 2.15. The van der Waals surface area contributed by atoms with Crippen LogP contribution in [0.3, 0.4) is 0 Å². The zero-order valence-electron chi connectivity index (χ0n) is 11.1. The molecule has 2 heterocycles. The molecule has 3 heteroatoms. The predicted octanol–water partition coefficient (Wildman–Crippen LogP) is 3.11. The van der Waals surface area contributed by atoms with Gasteiger partial charge in [0.2, 0.25) is 0 Å². The van der Waals surface area contributed by atoms with Gasteiger partial charge in [-0.25, -0.2) is 0 Å². The molecule has 17 heavy (non-hydrogen) atoms. The largest absolute Gasteiger partial charge is 0.326 e. The number of nitrogens with zero attached hydrogens (tertiary/aromatic N) is 1. The molecule has 0 amide bonds. The summed E-state index contributed by atoms with van der Waals surface area (Å²) < 4.78 is 0. The summed E-state index contributed by atoms with van der Waals surface area (Å²) >= 11 is 1.83. The zero-order chi connectivity index (χ0) is 12.4. The van der Waals surface area contributed by atoms with Crippen molar-refractivity contribution in [3.05, 3.63) is 22.4 Å². The Kier molecular flexibility index (Phi) is 4.23. The number of thiophene rings is 1. The van der Waals surface area contributed by atoms with Crippen molar-refractivity contribution in [1.82, 2.24) is 4.90 Å². The second kappa shape index (κ2) is 5.51. The van der Waals surface area contributed by atoms with E-state index in [0.29, 0.717) is 6.04 Å². The first-order chi connectivity index (χ1) is 8.09. The normalized spacial score (nSPS) is 25.4. The minimum atomic E-state index is 0.208. The van der Waals surface area contributed by atoms with Crippen LogP contribution < -0.4 is 5.73 Å². The molecular weight excluding hydrogens is 228 g/mol. The van der Waals surface area contributed by atoms with Gasteiger partial charge in [-0.05, 0) is 43.2 Å². The van der Waals surface area contributed by atoms with E-state index in [1.807, 2.05) is 11.3 Å². The molecule has 2 rings (SSSR count). The Morgan fingerprint density at radius 2 is 2.18 bits per heavy atom. The van der Waals surface area contributed by atoms with Gasteiger partial charge in [0, 0.05) is 17.5 Å². The van der Waals surface area contributed by atoms with E-state index in [2.05, 4.69) is 43.2 Å². The van der Waals surface area contributed by atoms with Gasteiger partial charge in [0.25, 0.3) is 0 Å². The van der Waals surface area contributed by atoms with Crippen LogP contribution in [0.2, 0.25) is 0 Å². The van der Waals surface area contributed by atoms with Gasteiger partial charge in [-0.2, -0.15) is 0 Å². The minimum absolute atomic E-state index is 0.208. The molecule has 1 saturated heterocycles. The summed E-state index contributed by atoms with van der Waals surface area (Å²) in [6, 6.07) is 4.98. The molecule has 96 valence electrons. The lowest BCUT2D eigenvalue weighted by Crippen LogP contribution is -2.38. The summed E-state index contributed by atoms with van der Waals surface area (Å²) in [6.07, 6.45) is 1.33. The summed E-state index contributed by atoms with van der Waals surface area (Å²) in [7, 11) is 0. The molecule has 3 unspecified atom stereocenters. The molecule has 1 aliphatic rings. The van der Waals surface area contributed by atoms with Crippen molar-refractivity contribution >= 4 is 11.3 Å². The van der Waals surface area contributed by atoms with Gasteiger partial charge in [0.15, 0.2) is 0 Å². The van der Waals surface area contributed by atoms with Crippen LogP contribution in [0.15, 0.2) is 17.5 Å². The molecule has 2 nitrogen and oxygen atoms in total. The van der Waals surface area contributed by atoms with E-state index in [1.54, 1.807) is 0 Å². The maximum atomic E-state index is 6.19. The maximum Gasteiger partial charge on any atom is 0.0590 e.